The Bertz CT molecular complexity index is 2690. The molecule has 0 aliphatic heterocycles. The van der Waals surface area contributed by atoms with Gasteiger partial charge >= 0.3 is 0 Å². The van der Waals surface area contributed by atoms with Crippen LogP contribution in [0.4, 0.5) is 0 Å². The number of hydrogen-bond acceptors (Lipinski definition) is 8. The van der Waals surface area contributed by atoms with Gasteiger partial charge in [0.05, 0.1) is 17.8 Å². The number of ether oxygens (including phenoxy) is 2. The number of Topliss-reactive ketones (excluding diaryl/α,β-unsaturated/α-hetero) is 1. The SMILES string of the molecule is CC(=O)C(=C(C)O)c1ccccc1.CC(C)Oc1c[c-]c(-n2nc3ccccc3n2)c2ccccc12.CC(C)Oc1c[c-]c(-n2nc3ccccc3n2)c2ccccc12.[Ir]. The van der Waals surface area contributed by atoms with Crippen molar-refractivity contribution in [2.24, 2.45) is 0 Å². The standard InChI is InChI=1S/2C19H16N3O.C11H12O2.Ir/c2*1-13(2)23-19-12-11-18(14-7-3-4-8-15(14)19)22-20-16-9-5-6-10-17(16)21-22;1-8(12)11(9(2)13)10-6-4-3-5-7-10;/h2*3-10,12-13H,1-2H3;3-7,12H,1-2H3;/q2*-1;;. The van der Waals surface area contributed by atoms with Crippen LogP contribution < -0.4 is 9.47 Å². The zero-order chi connectivity index (χ0) is 41.5. The number of rotatable bonds is 8. The second-order valence-corrected chi connectivity index (χ2v) is 14.3. The molecule has 0 fully saturated rings. The summed E-state index contributed by atoms with van der Waals surface area (Å²) in [4.78, 5) is 14.5. The van der Waals surface area contributed by atoms with Gasteiger partial charge in [0.15, 0.2) is 5.78 Å². The molecule has 1 radical (unpaired) electrons. The van der Waals surface area contributed by atoms with Crippen LogP contribution in [-0.2, 0) is 24.9 Å². The maximum absolute atomic E-state index is 11.2. The minimum atomic E-state index is -0.119. The first-order valence-electron chi connectivity index (χ1n) is 19.4. The Labute approximate surface area is 362 Å². The molecule has 10 nitrogen and oxygen atoms in total. The second-order valence-electron chi connectivity index (χ2n) is 14.3. The van der Waals surface area contributed by atoms with Gasteiger partial charge in [-0.25, -0.2) is 0 Å². The molecule has 305 valence electrons. The van der Waals surface area contributed by atoms with Crippen molar-refractivity contribution in [3.05, 3.63) is 163 Å². The van der Waals surface area contributed by atoms with Crippen molar-refractivity contribution in [1.82, 2.24) is 30.0 Å². The van der Waals surface area contributed by atoms with E-state index in [2.05, 4.69) is 32.5 Å². The van der Waals surface area contributed by atoms with Crippen molar-refractivity contribution in [2.45, 2.75) is 53.8 Å². The van der Waals surface area contributed by atoms with Crippen molar-refractivity contribution < 1.29 is 39.5 Å². The minimum absolute atomic E-state index is 0. The van der Waals surface area contributed by atoms with Gasteiger partial charge in [-0.2, -0.15) is 42.1 Å². The Morgan fingerprint density at radius 2 is 0.867 bits per heavy atom. The predicted molar refractivity (Wildman–Crippen MR) is 234 cm³/mol. The number of nitrogens with zero attached hydrogens (tertiary/aromatic N) is 6. The molecule has 0 saturated heterocycles. The van der Waals surface area contributed by atoms with Gasteiger partial charge in [0.25, 0.3) is 0 Å². The van der Waals surface area contributed by atoms with Crippen molar-refractivity contribution in [1.29, 1.82) is 0 Å². The molecule has 0 bridgehead atoms. The smallest absolute Gasteiger partial charge is 0.163 e. The van der Waals surface area contributed by atoms with Crippen LogP contribution >= 0.6 is 0 Å². The van der Waals surface area contributed by atoms with Crippen LogP contribution in [0.3, 0.4) is 0 Å². The fourth-order valence-corrected chi connectivity index (χ4v) is 6.61. The Balaban J connectivity index is 0.000000156. The third kappa shape index (κ3) is 9.77. The quantitative estimate of drug-likeness (QED) is 0.0909. The third-order valence-electron chi connectivity index (χ3n) is 9.05. The number of fused-ring (bicyclic) bond motifs is 4. The van der Waals surface area contributed by atoms with Gasteiger partial charge < -0.3 is 14.6 Å². The van der Waals surface area contributed by atoms with Gasteiger partial charge in [-0.3, -0.25) is 4.79 Å². The van der Waals surface area contributed by atoms with Crippen LogP contribution in [-0.4, -0.2) is 53.1 Å². The molecule has 0 aliphatic carbocycles. The molecule has 2 aromatic heterocycles. The molecule has 60 heavy (non-hydrogen) atoms. The molecule has 0 amide bonds. The van der Waals surface area contributed by atoms with E-state index < -0.39 is 0 Å². The summed E-state index contributed by atoms with van der Waals surface area (Å²) in [5.74, 6) is 1.61. The van der Waals surface area contributed by atoms with Gasteiger partial charge in [0.1, 0.15) is 27.8 Å². The molecule has 9 rings (SSSR count). The topological polar surface area (TPSA) is 117 Å². The Morgan fingerprint density at radius 3 is 1.20 bits per heavy atom. The first kappa shape index (κ1) is 42.9. The van der Waals surface area contributed by atoms with E-state index in [1.807, 2.05) is 155 Å². The number of allylic oxidation sites excluding steroid dienone is 2. The van der Waals surface area contributed by atoms with Gasteiger partial charge in [0.2, 0.25) is 0 Å². The number of carbonyl (C=O) groups is 1. The zero-order valence-electron chi connectivity index (χ0n) is 34.1. The van der Waals surface area contributed by atoms with Crippen LogP contribution in [0.5, 0.6) is 11.5 Å². The summed E-state index contributed by atoms with van der Waals surface area (Å²) in [5.41, 5.74) is 6.27. The van der Waals surface area contributed by atoms with E-state index in [4.69, 9.17) is 9.47 Å². The summed E-state index contributed by atoms with van der Waals surface area (Å²) in [7, 11) is 0. The summed E-state index contributed by atoms with van der Waals surface area (Å²) < 4.78 is 11.8. The van der Waals surface area contributed by atoms with E-state index in [1.165, 1.54) is 13.8 Å². The molecule has 2 heterocycles. The van der Waals surface area contributed by atoms with Crippen molar-refractivity contribution in [3.8, 4) is 22.9 Å². The molecular weight excluding hydrogens is 929 g/mol. The second kappa shape index (κ2) is 19.4. The Morgan fingerprint density at radius 1 is 0.533 bits per heavy atom. The summed E-state index contributed by atoms with van der Waals surface area (Å²) in [6.07, 6.45) is 0.228. The van der Waals surface area contributed by atoms with Gasteiger partial charge in [-0.15, -0.1) is 24.3 Å². The fraction of sp³-hybridized carbons (Fsp3) is 0.163. The number of carbonyl (C=O) groups excluding carboxylic acids is 1. The van der Waals surface area contributed by atoms with Crippen LogP contribution in [0.2, 0.25) is 0 Å². The van der Waals surface area contributed by atoms with Crippen LogP contribution in [0.15, 0.2) is 145 Å². The number of benzene rings is 7. The van der Waals surface area contributed by atoms with Crippen molar-refractivity contribution in [3.63, 3.8) is 0 Å². The summed E-state index contributed by atoms with van der Waals surface area (Å²) in [5, 5.41) is 31.6. The minimum Gasteiger partial charge on any atom is -0.548 e. The Hall–Kier alpha value is -6.68. The van der Waals surface area contributed by atoms with E-state index in [0.717, 1.165) is 72.0 Å². The molecule has 0 atom stereocenters. The molecule has 9 aromatic rings. The number of ketones is 1. The predicted octanol–water partition coefficient (Wildman–Crippen LogP) is 10.9. The average molecular weight is 973 g/mol. The molecule has 0 saturated carbocycles. The van der Waals surface area contributed by atoms with Gasteiger partial charge in [-0.1, -0.05) is 113 Å². The first-order valence-corrected chi connectivity index (χ1v) is 19.4. The monoisotopic (exact) mass is 973 g/mol. The van der Waals surface area contributed by atoms with Crippen LogP contribution in [0.1, 0.15) is 47.1 Å². The van der Waals surface area contributed by atoms with Crippen molar-refractivity contribution >= 4 is 55.0 Å². The van der Waals surface area contributed by atoms with Gasteiger partial charge in [-0.05, 0) is 82.7 Å². The molecule has 7 aromatic carbocycles. The van der Waals surface area contributed by atoms with Crippen LogP contribution in [0, 0.1) is 12.1 Å². The molecular formula is C49H44IrN6O4-2. The van der Waals surface area contributed by atoms with E-state index >= 15 is 0 Å². The Kier molecular flexibility index (Phi) is 13.9. The maximum atomic E-state index is 11.2. The summed E-state index contributed by atoms with van der Waals surface area (Å²) in [6.45, 7) is 11.0. The van der Waals surface area contributed by atoms with Crippen LogP contribution in [0.25, 0.3) is 60.6 Å². The molecule has 0 aliphatic rings. The van der Waals surface area contributed by atoms with E-state index in [1.54, 1.807) is 21.7 Å². The maximum Gasteiger partial charge on any atom is 0.163 e. The summed E-state index contributed by atoms with van der Waals surface area (Å²) in [6, 6.07) is 51.3. The molecule has 1 N–H and O–H groups in total. The fourth-order valence-electron chi connectivity index (χ4n) is 6.61. The average Bonchev–Trinajstić information content (AvgIpc) is 3.86. The normalized spacial score (nSPS) is 11.4. The third-order valence-corrected chi connectivity index (χ3v) is 9.05. The molecule has 11 heteroatoms. The largest absolute Gasteiger partial charge is 0.548 e. The number of aliphatic hydroxyl groups is 1. The molecule has 0 unspecified atom stereocenters. The number of aliphatic hydroxyl groups excluding tert-OH is 1. The zero-order valence-corrected chi connectivity index (χ0v) is 36.5. The van der Waals surface area contributed by atoms with Gasteiger partial charge in [0, 0.05) is 31.6 Å². The van der Waals surface area contributed by atoms with E-state index in [9.17, 15) is 9.90 Å². The van der Waals surface area contributed by atoms with E-state index in [-0.39, 0.29) is 43.9 Å². The first-order chi connectivity index (χ1) is 28.6. The number of hydrogen-bond donors (Lipinski definition) is 1. The van der Waals surface area contributed by atoms with Crippen molar-refractivity contribution in [2.75, 3.05) is 0 Å². The van der Waals surface area contributed by atoms with E-state index in [0.29, 0.717) is 5.57 Å². The molecule has 0 spiro atoms. The number of aromatic nitrogens is 6. The summed E-state index contributed by atoms with van der Waals surface area (Å²) >= 11 is 0.